The molecule has 1 aliphatic rings. The van der Waals surface area contributed by atoms with Gasteiger partial charge in [-0.25, -0.2) is 9.97 Å². The average Bonchev–Trinajstić information content (AvgIpc) is 2.76. The molecule has 1 unspecified atom stereocenters. The number of hydrogen-bond acceptors (Lipinski definition) is 7. The fraction of sp³-hybridized carbons (Fsp3) is 0.435. The molecule has 166 valence electrons. The second-order valence-corrected chi connectivity index (χ2v) is 7.39. The molecular weight excluding hydrogens is 398 g/mol. The molecule has 1 atom stereocenters. The lowest BCUT2D eigenvalue weighted by Crippen LogP contribution is -2.44. The number of carbonyl (C=O) groups is 1. The van der Waals surface area contributed by atoms with E-state index in [-0.39, 0.29) is 12.0 Å². The highest BCUT2D eigenvalue weighted by Gasteiger charge is 2.24. The van der Waals surface area contributed by atoms with Gasteiger partial charge in [0.2, 0.25) is 11.7 Å². The largest absolute Gasteiger partial charge is 0.493 e. The summed E-state index contributed by atoms with van der Waals surface area (Å²) in [4.78, 5) is 23.2. The van der Waals surface area contributed by atoms with Gasteiger partial charge >= 0.3 is 6.01 Å². The van der Waals surface area contributed by atoms with Crippen molar-refractivity contribution in [3.8, 4) is 23.3 Å². The van der Waals surface area contributed by atoms with Crippen molar-refractivity contribution in [2.45, 2.75) is 32.8 Å². The van der Waals surface area contributed by atoms with E-state index in [0.717, 1.165) is 29.8 Å². The first-order valence-electron chi connectivity index (χ1n) is 10.2. The van der Waals surface area contributed by atoms with Gasteiger partial charge in [-0.15, -0.1) is 0 Å². The lowest BCUT2D eigenvalue weighted by molar-refractivity contribution is -0.128. The molecule has 2 heterocycles. The van der Waals surface area contributed by atoms with Crippen LogP contribution in [-0.4, -0.2) is 61.3 Å². The molecule has 2 aromatic rings. The first kappa shape index (κ1) is 22.4. The van der Waals surface area contributed by atoms with Gasteiger partial charge in [0.25, 0.3) is 0 Å². The maximum atomic E-state index is 12.8. The molecule has 3 rings (SSSR count). The van der Waals surface area contributed by atoms with Crippen LogP contribution in [-0.2, 0) is 4.79 Å². The fourth-order valence-electron chi connectivity index (χ4n) is 3.60. The number of amides is 1. The number of methoxy groups -OCH3 is 3. The zero-order chi connectivity index (χ0) is 22.4. The molecule has 0 saturated carbocycles. The van der Waals surface area contributed by atoms with E-state index in [1.807, 2.05) is 19.9 Å². The predicted octanol–water partition coefficient (Wildman–Crippen LogP) is 3.20. The first-order chi connectivity index (χ1) is 14.9. The highest BCUT2D eigenvalue weighted by Crippen LogP contribution is 2.38. The van der Waals surface area contributed by atoms with Crippen LogP contribution >= 0.6 is 0 Å². The quantitative estimate of drug-likeness (QED) is 0.628. The van der Waals surface area contributed by atoms with Crippen molar-refractivity contribution < 1.29 is 23.7 Å². The smallest absolute Gasteiger partial charge is 0.317 e. The molecule has 1 aromatic heterocycles. The van der Waals surface area contributed by atoms with Crippen LogP contribution in [0.15, 0.2) is 24.3 Å². The summed E-state index contributed by atoms with van der Waals surface area (Å²) in [7, 11) is 4.67. The molecule has 8 nitrogen and oxygen atoms in total. The first-order valence-corrected chi connectivity index (χ1v) is 10.2. The summed E-state index contributed by atoms with van der Waals surface area (Å²) < 4.78 is 22.0. The van der Waals surface area contributed by atoms with E-state index in [9.17, 15) is 4.79 Å². The number of likely N-dealkylation sites (tertiary alicyclic amines) is 1. The van der Waals surface area contributed by atoms with Gasteiger partial charge in [-0.1, -0.05) is 0 Å². The van der Waals surface area contributed by atoms with E-state index in [1.165, 1.54) is 0 Å². The van der Waals surface area contributed by atoms with Crippen molar-refractivity contribution in [3.63, 3.8) is 0 Å². The Kier molecular flexibility index (Phi) is 7.33. The maximum Gasteiger partial charge on any atom is 0.317 e. The number of ether oxygens (including phenoxy) is 4. The molecule has 1 saturated heterocycles. The molecule has 1 aliphatic heterocycles. The van der Waals surface area contributed by atoms with Crippen molar-refractivity contribution in [2.24, 2.45) is 0 Å². The van der Waals surface area contributed by atoms with Gasteiger partial charge in [0.1, 0.15) is 6.10 Å². The van der Waals surface area contributed by atoms with Crippen molar-refractivity contribution in [1.29, 1.82) is 0 Å². The van der Waals surface area contributed by atoms with E-state index in [2.05, 4.69) is 9.97 Å². The number of aryl methyl sites for hydroxylation is 2. The van der Waals surface area contributed by atoms with Crippen molar-refractivity contribution in [2.75, 3.05) is 34.4 Å². The number of benzene rings is 1. The van der Waals surface area contributed by atoms with E-state index in [4.69, 9.17) is 18.9 Å². The third kappa shape index (κ3) is 5.65. The molecular formula is C23H29N3O5. The van der Waals surface area contributed by atoms with Gasteiger partial charge < -0.3 is 23.8 Å². The van der Waals surface area contributed by atoms with E-state index < -0.39 is 0 Å². The van der Waals surface area contributed by atoms with Crippen molar-refractivity contribution in [3.05, 3.63) is 41.2 Å². The third-order valence-electron chi connectivity index (χ3n) is 5.03. The Morgan fingerprint density at radius 3 is 2.26 bits per heavy atom. The van der Waals surface area contributed by atoms with Crippen LogP contribution in [0.2, 0.25) is 0 Å². The minimum atomic E-state index is -0.131. The molecule has 0 aliphatic carbocycles. The Hall–Kier alpha value is -3.29. The summed E-state index contributed by atoms with van der Waals surface area (Å²) in [5.74, 6) is 1.50. The number of piperidine rings is 1. The van der Waals surface area contributed by atoms with Gasteiger partial charge in [0, 0.05) is 24.0 Å². The van der Waals surface area contributed by atoms with Crippen LogP contribution in [0.25, 0.3) is 6.08 Å². The maximum absolute atomic E-state index is 12.8. The number of nitrogens with zero attached hydrogens (tertiary/aromatic N) is 3. The molecule has 31 heavy (non-hydrogen) atoms. The van der Waals surface area contributed by atoms with E-state index >= 15 is 0 Å². The third-order valence-corrected chi connectivity index (χ3v) is 5.03. The second-order valence-electron chi connectivity index (χ2n) is 7.39. The van der Waals surface area contributed by atoms with Crippen molar-refractivity contribution >= 4 is 12.0 Å². The molecule has 8 heteroatoms. The van der Waals surface area contributed by atoms with Crippen molar-refractivity contribution in [1.82, 2.24) is 14.9 Å². The van der Waals surface area contributed by atoms with Gasteiger partial charge in [-0.2, -0.15) is 0 Å². The Morgan fingerprint density at radius 2 is 1.68 bits per heavy atom. The zero-order valence-corrected chi connectivity index (χ0v) is 18.7. The van der Waals surface area contributed by atoms with Crippen LogP contribution in [0.1, 0.15) is 29.8 Å². The van der Waals surface area contributed by atoms with Crippen LogP contribution in [0.4, 0.5) is 0 Å². The summed E-state index contributed by atoms with van der Waals surface area (Å²) in [6.45, 7) is 5.00. The monoisotopic (exact) mass is 427 g/mol. The Labute approximate surface area is 182 Å². The molecule has 0 N–H and O–H groups in total. The highest BCUT2D eigenvalue weighted by atomic mass is 16.5. The van der Waals surface area contributed by atoms with Crippen LogP contribution in [0, 0.1) is 13.8 Å². The summed E-state index contributed by atoms with van der Waals surface area (Å²) in [6.07, 6.45) is 4.88. The lowest BCUT2D eigenvalue weighted by atomic mass is 10.1. The molecule has 1 aromatic carbocycles. The average molecular weight is 428 g/mol. The molecule has 1 fully saturated rings. The summed E-state index contributed by atoms with van der Waals surface area (Å²) in [5, 5.41) is 0. The Balaban J connectivity index is 1.68. The number of aromatic nitrogens is 2. The minimum absolute atomic E-state index is 0.0802. The normalized spacial score (nSPS) is 16.3. The fourth-order valence-corrected chi connectivity index (χ4v) is 3.60. The minimum Gasteiger partial charge on any atom is -0.493 e. The molecule has 0 bridgehead atoms. The summed E-state index contributed by atoms with van der Waals surface area (Å²) >= 11 is 0. The van der Waals surface area contributed by atoms with Gasteiger partial charge in [-0.3, -0.25) is 4.79 Å². The highest BCUT2D eigenvalue weighted by molar-refractivity contribution is 5.92. The standard InChI is InChI=1S/C23H29N3O5/c1-15-11-16(2)25-23(24-15)31-18-7-6-10-26(14-18)21(27)9-8-17-12-19(28-3)22(30-5)20(13-17)29-4/h8-9,11-13,18H,6-7,10,14H2,1-5H3/b9-8+. The summed E-state index contributed by atoms with van der Waals surface area (Å²) in [5.41, 5.74) is 2.50. The number of carbonyl (C=O) groups excluding carboxylic acids is 1. The second kappa shape index (κ2) is 10.1. The van der Waals surface area contributed by atoms with Crippen LogP contribution < -0.4 is 18.9 Å². The lowest BCUT2D eigenvalue weighted by Gasteiger charge is -2.31. The van der Waals surface area contributed by atoms with E-state index in [0.29, 0.717) is 36.3 Å². The van der Waals surface area contributed by atoms with Gasteiger partial charge in [0.15, 0.2) is 11.5 Å². The van der Waals surface area contributed by atoms with E-state index in [1.54, 1.807) is 50.5 Å². The summed E-state index contributed by atoms with van der Waals surface area (Å²) in [6, 6.07) is 5.86. The SMILES string of the molecule is COc1cc(/C=C/C(=O)N2CCCC(Oc3nc(C)cc(C)n3)C2)cc(OC)c1OC. The van der Waals surface area contributed by atoms with Crippen LogP contribution in [0.5, 0.6) is 23.3 Å². The predicted molar refractivity (Wildman–Crippen MR) is 117 cm³/mol. The Bertz CT molecular complexity index is 915. The molecule has 0 spiro atoms. The number of hydrogen-bond donors (Lipinski definition) is 0. The molecule has 1 amide bonds. The van der Waals surface area contributed by atoms with Gasteiger partial charge in [-0.05, 0) is 56.5 Å². The topological polar surface area (TPSA) is 83.0 Å². The van der Waals surface area contributed by atoms with Crippen LogP contribution in [0.3, 0.4) is 0 Å². The Morgan fingerprint density at radius 1 is 1.03 bits per heavy atom. The molecule has 0 radical (unpaired) electrons. The zero-order valence-electron chi connectivity index (χ0n) is 18.7. The number of rotatable bonds is 7. The van der Waals surface area contributed by atoms with Gasteiger partial charge in [0.05, 0.1) is 27.9 Å².